The fourth-order valence-corrected chi connectivity index (χ4v) is 3.43. The molecular formula is C25H20ClN3O6. The van der Waals surface area contributed by atoms with Gasteiger partial charge in [0.1, 0.15) is 12.2 Å². The number of hydrogen-bond donors (Lipinski definition) is 1. The Balaban J connectivity index is 1.43. The molecule has 9 nitrogen and oxygen atoms in total. The summed E-state index contributed by atoms with van der Waals surface area (Å²) in [6.45, 7) is 2.58. The number of rotatable bonds is 9. The van der Waals surface area contributed by atoms with Crippen LogP contribution in [0.4, 0.5) is 5.69 Å². The van der Waals surface area contributed by atoms with E-state index in [1.54, 1.807) is 24.3 Å². The zero-order valence-corrected chi connectivity index (χ0v) is 19.3. The molecule has 0 spiro atoms. The number of non-ortho nitro benzene ring substituents is 1. The summed E-state index contributed by atoms with van der Waals surface area (Å²) in [6.07, 6.45) is 1.45. The highest BCUT2D eigenvalue weighted by atomic mass is 35.5. The molecule has 35 heavy (non-hydrogen) atoms. The van der Waals surface area contributed by atoms with E-state index in [-0.39, 0.29) is 18.1 Å². The quantitative estimate of drug-likeness (QED) is 0.181. The zero-order valence-electron chi connectivity index (χ0n) is 18.6. The van der Waals surface area contributed by atoms with Gasteiger partial charge in [0.15, 0.2) is 17.3 Å². The number of nitro benzene ring substituents is 1. The number of fused-ring (bicyclic) bond motifs is 1. The number of hydrogen-bond acceptors (Lipinski definition) is 7. The monoisotopic (exact) mass is 493 g/mol. The molecule has 0 aliphatic rings. The minimum atomic E-state index is -0.593. The van der Waals surface area contributed by atoms with Gasteiger partial charge in [0.2, 0.25) is 0 Å². The summed E-state index contributed by atoms with van der Waals surface area (Å²) in [6, 6.07) is 18.2. The van der Waals surface area contributed by atoms with E-state index in [4.69, 9.17) is 25.5 Å². The fourth-order valence-electron chi connectivity index (χ4n) is 3.24. The molecule has 1 amide bonds. The molecule has 1 N–H and O–H groups in total. The molecule has 0 aliphatic carbocycles. The minimum absolute atomic E-state index is 0.0176. The lowest BCUT2D eigenvalue weighted by Gasteiger charge is -2.13. The largest absolute Gasteiger partial charge is 0.490 e. The van der Waals surface area contributed by atoms with Crippen molar-refractivity contribution in [3.63, 3.8) is 0 Å². The van der Waals surface area contributed by atoms with Crippen molar-refractivity contribution >= 4 is 40.4 Å². The van der Waals surface area contributed by atoms with Crippen molar-refractivity contribution in [3.05, 3.63) is 98.8 Å². The van der Waals surface area contributed by atoms with Crippen molar-refractivity contribution in [2.75, 3.05) is 6.61 Å². The van der Waals surface area contributed by atoms with Gasteiger partial charge in [-0.15, -0.1) is 0 Å². The predicted octanol–water partition coefficient (Wildman–Crippen LogP) is 5.74. The van der Waals surface area contributed by atoms with Gasteiger partial charge in [-0.1, -0.05) is 29.8 Å². The Labute approximate surface area is 205 Å². The number of nitrogens with one attached hydrogen (secondary N) is 1. The third-order valence-electron chi connectivity index (χ3n) is 4.92. The summed E-state index contributed by atoms with van der Waals surface area (Å²) in [4.78, 5) is 22.8. The second-order valence-corrected chi connectivity index (χ2v) is 7.72. The average molecular weight is 494 g/mol. The van der Waals surface area contributed by atoms with Crippen molar-refractivity contribution in [2.24, 2.45) is 5.10 Å². The molecule has 10 heteroatoms. The maximum absolute atomic E-state index is 12.4. The summed E-state index contributed by atoms with van der Waals surface area (Å²) < 4.78 is 17.0. The molecule has 4 rings (SSSR count). The lowest BCUT2D eigenvalue weighted by atomic mass is 10.2. The lowest BCUT2D eigenvalue weighted by molar-refractivity contribution is -0.384. The van der Waals surface area contributed by atoms with Crippen LogP contribution in [0, 0.1) is 10.1 Å². The van der Waals surface area contributed by atoms with Crippen LogP contribution in [0.15, 0.2) is 76.2 Å². The Kier molecular flexibility index (Phi) is 7.27. The van der Waals surface area contributed by atoms with Crippen LogP contribution in [0.1, 0.15) is 28.6 Å². The molecule has 0 unspecified atom stereocenters. The third-order valence-corrected chi connectivity index (χ3v) is 5.29. The third kappa shape index (κ3) is 5.77. The molecule has 178 valence electrons. The van der Waals surface area contributed by atoms with Crippen molar-refractivity contribution in [2.45, 2.75) is 13.5 Å². The number of ether oxygens (including phenoxy) is 2. The second-order valence-electron chi connectivity index (χ2n) is 7.31. The van der Waals surface area contributed by atoms with E-state index in [0.29, 0.717) is 39.7 Å². The van der Waals surface area contributed by atoms with Gasteiger partial charge in [0, 0.05) is 28.1 Å². The maximum atomic E-state index is 12.4. The number of nitro groups is 1. The van der Waals surface area contributed by atoms with E-state index in [2.05, 4.69) is 10.5 Å². The van der Waals surface area contributed by atoms with Gasteiger partial charge in [0.25, 0.3) is 5.69 Å². The lowest BCUT2D eigenvalue weighted by Crippen LogP contribution is -2.16. The topological polar surface area (TPSA) is 116 Å². The van der Waals surface area contributed by atoms with Gasteiger partial charge in [-0.2, -0.15) is 5.10 Å². The summed E-state index contributed by atoms with van der Waals surface area (Å²) in [5.41, 5.74) is 4.17. The number of halogens is 1. The van der Waals surface area contributed by atoms with Crippen LogP contribution >= 0.6 is 11.6 Å². The first-order valence-corrected chi connectivity index (χ1v) is 11.0. The van der Waals surface area contributed by atoms with Crippen molar-refractivity contribution < 1.29 is 23.6 Å². The van der Waals surface area contributed by atoms with E-state index in [0.717, 1.165) is 5.56 Å². The Morgan fingerprint density at radius 1 is 1.11 bits per heavy atom. The van der Waals surface area contributed by atoms with Crippen LogP contribution < -0.4 is 14.9 Å². The van der Waals surface area contributed by atoms with Gasteiger partial charge in [-0.25, -0.2) is 5.43 Å². The highest BCUT2D eigenvalue weighted by molar-refractivity contribution is 6.31. The predicted molar refractivity (Wildman–Crippen MR) is 131 cm³/mol. The van der Waals surface area contributed by atoms with E-state index < -0.39 is 10.8 Å². The standard InChI is InChI=1S/C25H20ClN3O6/c1-2-33-23-11-16(7-9-22(23)34-15-17-5-3-4-6-20(17)26)14-27-28-25(30)24-13-18-12-19(29(31)32)8-10-21(18)35-24/h3-14H,2,15H2,1H3,(H,28,30)/b27-14-. The van der Waals surface area contributed by atoms with E-state index >= 15 is 0 Å². The number of hydrazone groups is 1. The Hall–Kier alpha value is -4.37. The highest BCUT2D eigenvalue weighted by Gasteiger charge is 2.15. The molecule has 0 radical (unpaired) electrons. The fraction of sp³-hybridized carbons (Fsp3) is 0.120. The average Bonchev–Trinajstić information content (AvgIpc) is 3.28. The summed E-state index contributed by atoms with van der Waals surface area (Å²) in [5.74, 6) is 0.457. The smallest absolute Gasteiger partial charge is 0.307 e. The summed E-state index contributed by atoms with van der Waals surface area (Å²) >= 11 is 6.19. The van der Waals surface area contributed by atoms with Crippen LogP contribution in [0.25, 0.3) is 11.0 Å². The van der Waals surface area contributed by atoms with Gasteiger partial charge in [0.05, 0.1) is 17.7 Å². The van der Waals surface area contributed by atoms with Gasteiger partial charge in [-0.3, -0.25) is 14.9 Å². The Bertz CT molecular complexity index is 1420. The first-order chi connectivity index (χ1) is 16.9. The Morgan fingerprint density at radius 3 is 2.71 bits per heavy atom. The summed E-state index contributed by atoms with van der Waals surface area (Å²) in [5, 5.41) is 15.9. The molecule has 1 aromatic heterocycles. The van der Waals surface area contributed by atoms with Gasteiger partial charge in [-0.05, 0) is 48.9 Å². The van der Waals surface area contributed by atoms with Crippen LogP contribution in [0.2, 0.25) is 5.02 Å². The number of carbonyl (C=O) groups is 1. The molecule has 0 saturated carbocycles. The summed E-state index contributed by atoms with van der Waals surface area (Å²) in [7, 11) is 0. The first-order valence-electron chi connectivity index (χ1n) is 10.6. The highest BCUT2D eigenvalue weighted by Crippen LogP contribution is 2.30. The normalized spacial score (nSPS) is 11.0. The zero-order chi connectivity index (χ0) is 24.8. The molecular weight excluding hydrogens is 474 g/mol. The Morgan fingerprint density at radius 2 is 1.94 bits per heavy atom. The molecule has 4 aromatic rings. The molecule has 0 fully saturated rings. The molecule has 3 aromatic carbocycles. The molecule has 0 bridgehead atoms. The number of benzene rings is 3. The van der Waals surface area contributed by atoms with Crippen LogP contribution in [0.3, 0.4) is 0 Å². The van der Waals surface area contributed by atoms with E-state index in [1.807, 2.05) is 25.1 Å². The van der Waals surface area contributed by atoms with Crippen molar-refractivity contribution in [3.8, 4) is 11.5 Å². The molecule has 0 aliphatic heterocycles. The van der Waals surface area contributed by atoms with Crippen LogP contribution in [-0.4, -0.2) is 23.7 Å². The van der Waals surface area contributed by atoms with E-state index in [9.17, 15) is 14.9 Å². The minimum Gasteiger partial charge on any atom is -0.490 e. The SMILES string of the molecule is CCOc1cc(/C=N\NC(=O)c2cc3cc([N+](=O)[O-])ccc3o2)ccc1OCc1ccccc1Cl. The molecule has 0 atom stereocenters. The van der Waals surface area contributed by atoms with Crippen LogP contribution in [0.5, 0.6) is 11.5 Å². The number of nitrogens with zero attached hydrogens (tertiary/aromatic N) is 2. The number of carbonyl (C=O) groups excluding carboxylic acids is 1. The van der Waals surface area contributed by atoms with Crippen molar-refractivity contribution in [1.29, 1.82) is 0 Å². The van der Waals surface area contributed by atoms with Gasteiger partial charge < -0.3 is 13.9 Å². The molecule has 1 heterocycles. The second kappa shape index (κ2) is 10.7. The van der Waals surface area contributed by atoms with Crippen molar-refractivity contribution in [1.82, 2.24) is 5.43 Å². The number of amides is 1. The van der Waals surface area contributed by atoms with E-state index in [1.165, 1.54) is 30.5 Å². The van der Waals surface area contributed by atoms with Crippen LogP contribution in [-0.2, 0) is 6.61 Å². The number of furan rings is 1. The molecule has 0 saturated heterocycles. The maximum Gasteiger partial charge on any atom is 0.307 e. The first kappa shape index (κ1) is 23.8. The van der Waals surface area contributed by atoms with Gasteiger partial charge >= 0.3 is 5.91 Å².